The van der Waals surface area contributed by atoms with Crippen molar-refractivity contribution in [1.29, 1.82) is 0 Å². The van der Waals surface area contributed by atoms with Crippen molar-refractivity contribution in [3.8, 4) is 0 Å². The van der Waals surface area contributed by atoms with Gasteiger partial charge in [0.15, 0.2) is 0 Å². The number of hydrogen-bond acceptors (Lipinski definition) is 5. The number of nitrogens with zero attached hydrogens (tertiary/aromatic N) is 2. The molecule has 1 aromatic rings. The highest BCUT2D eigenvalue weighted by atomic mass is 32.2. The van der Waals surface area contributed by atoms with Crippen molar-refractivity contribution in [2.75, 3.05) is 0 Å². The summed E-state index contributed by atoms with van der Waals surface area (Å²) in [5, 5.41) is 13.1. The minimum atomic E-state index is 0.465. The summed E-state index contributed by atoms with van der Waals surface area (Å²) in [7, 11) is 0. The lowest BCUT2D eigenvalue weighted by atomic mass is 10.8. The van der Waals surface area contributed by atoms with Crippen molar-refractivity contribution in [2.24, 2.45) is 0 Å². The summed E-state index contributed by atoms with van der Waals surface area (Å²) in [5.74, 6) is 0. The van der Waals surface area contributed by atoms with E-state index in [4.69, 9.17) is 0 Å². The Hall–Kier alpha value is -0.000000000000000111. The molecule has 0 aliphatic carbocycles. The fourth-order valence-electron chi connectivity index (χ4n) is 0.640. The Bertz CT molecular complexity index is 223. The molecule has 0 N–H and O–H groups in total. The topological polar surface area (TPSA) is 25.8 Å². The van der Waals surface area contributed by atoms with Crippen LogP contribution in [0.4, 0.5) is 0 Å². The van der Waals surface area contributed by atoms with E-state index < -0.39 is 0 Å². The highest BCUT2D eigenvalue weighted by Gasteiger charge is 2.16. The highest BCUT2D eigenvalue weighted by Crippen LogP contribution is 2.46. The fourth-order valence-corrected chi connectivity index (χ4v) is 3.48. The van der Waals surface area contributed by atoms with Crippen molar-refractivity contribution in [3.63, 3.8) is 0 Å². The first-order valence-corrected chi connectivity index (χ1v) is 5.45. The number of thioether (sulfide) groups is 2. The summed E-state index contributed by atoms with van der Waals surface area (Å²) in [6, 6.07) is 0. The van der Waals surface area contributed by atoms with Crippen molar-refractivity contribution < 1.29 is 0 Å². The zero-order chi connectivity index (χ0) is 6.81. The second kappa shape index (κ2) is 2.94. The van der Waals surface area contributed by atoms with Gasteiger partial charge >= 0.3 is 0 Å². The standard InChI is InChI=1S/C5H4N2S3/c1-2-9-5(8-1)4-7-6-3-10-4/h1-3,5H. The Labute approximate surface area is 71.1 Å². The molecule has 0 amide bonds. The predicted octanol–water partition coefficient (Wildman–Crippen LogP) is 2.49. The number of rotatable bonds is 1. The van der Waals surface area contributed by atoms with E-state index in [2.05, 4.69) is 21.0 Å². The monoisotopic (exact) mass is 188 g/mol. The van der Waals surface area contributed by atoms with Gasteiger partial charge in [-0.2, -0.15) is 0 Å². The molecular weight excluding hydrogens is 184 g/mol. The van der Waals surface area contributed by atoms with Crippen molar-refractivity contribution in [3.05, 3.63) is 21.3 Å². The Morgan fingerprint density at radius 3 is 2.70 bits per heavy atom. The summed E-state index contributed by atoms with van der Waals surface area (Å²) < 4.78 is 0.465. The molecule has 0 spiro atoms. The number of hydrogen-bond donors (Lipinski definition) is 0. The number of aromatic nitrogens is 2. The Morgan fingerprint density at radius 2 is 2.10 bits per heavy atom. The zero-order valence-corrected chi connectivity index (χ0v) is 7.38. The minimum Gasteiger partial charge on any atom is -0.147 e. The SMILES string of the molecule is C1=CSC(c2nncs2)S1. The van der Waals surface area contributed by atoms with Crippen molar-refractivity contribution >= 4 is 34.9 Å². The molecule has 0 radical (unpaired) electrons. The molecule has 0 saturated carbocycles. The Kier molecular flexibility index (Phi) is 1.97. The molecule has 1 aliphatic heterocycles. The first-order chi connectivity index (χ1) is 4.97. The van der Waals surface area contributed by atoms with Crippen LogP contribution in [-0.2, 0) is 0 Å². The molecule has 0 fully saturated rings. The maximum atomic E-state index is 3.99. The second-order valence-electron chi connectivity index (χ2n) is 1.65. The lowest BCUT2D eigenvalue weighted by molar-refractivity contribution is 1.04. The van der Waals surface area contributed by atoms with E-state index in [-0.39, 0.29) is 0 Å². The molecular formula is C5H4N2S3. The quantitative estimate of drug-likeness (QED) is 0.676. The van der Waals surface area contributed by atoms with Gasteiger partial charge in [0.2, 0.25) is 0 Å². The average Bonchev–Trinajstić information content (AvgIpc) is 2.59. The maximum absolute atomic E-state index is 3.99. The van der Waals surface area contributed by atoms with Crippen LogP contribution < -0.4 is 0 Å². The van der Waals surface area contributed by atoms with Crippen molar-refractivity contribution in [1.82, 2.24) is 10.2 Å². The molecule has 1 aliphatic rings. The van der Waals surface area contributed by atoms with Gasteiger partial charge in [-0.05, 0) is 10.8 Å². The van der Waals surface area contributed by atoms with Gasteiger partial charge in [-0.15, -0.1) is 45.1 Å². The van der Waals surface area contributed by atoms with E-state index >= 15 is 0 Å². The van der Waals surface area contributed by atoms with E-state index in [1.807, 2.05) is 0 Å². The van der Waals surface area contributed by atoms with E-state index in [1.165, 1.54) is 0 Å². The van der Waals surface area contributed by atoms with Gasteiger partial charge in [-0.1, -0.05) is 0 Å². The van der Waals surface area contributed by atoms with Crippen LogP contribution in [0.2, 0.25) is 0 Å². The smallest absolute Gasteiger partial charge is 0.141 e. The van der Waals surface area contributed by atoms with Gasteiger partial charge in [0, 0.05) is 0 Å². The molecule has 0 aromatic carbocycles. The summed E-state index contributed by atoms with van der Waals surface area (Å²) in [5.41, 5.74) is 1.77. The van der Waals surface area contributed by atoms with E-state index in [0.717, 1.165) is 5.01 Å². The van der Waals surface area contributed by atoms with Crippen LogP contribution in [-0.4, -0.2) is 10.2 Å². The van der Waals surface area contributed by atoms with E-state index in [9.17, 15) is 0 Å². The molecule has 0 atom stereocenters. The lowest BCUT2D eigenvalue weighted by Crippen LogP contribution is -1.81. The van der Waals surface area contributed by atoms with Gasteiger partial charge < -0.3 is 0 Å². The third-order valence-corrected chi connectivity index (χ3v) is 4.46. The molecule has 2 rings (SSSR count). The summed E-state index contributed by atoms with van der Waals surface area (Å²) in [6.45, 7) is 0. The van der Waals surface area contributed by atoms with Crippen LogP contribution in [0, 0.1) is 0 Å². The molecule has 0 saturated heterocycles. The molecule has 1 aromatic heterocycles. The van der Waals surface area contributed by atoms with Crippen LogP contribution in [0.25, 0.3) is 0 Å². The summed E-state index contributed by atoms with van der Waals surface area (Å²) in [6.07, 6.45) is 0. The first-order valence-electron chi connectivity index (χ1n) is 2.69. The van der Waals surface area contributed by atoms with Gasteiger partial charge in [0.05, 0.1) is 0 Å². The third kappa shape index (κ3) is 1.21. The Morgan fingerprint density at radius 1 is 1.30 bits per heavy atom. The first kappa shape index (κ1) is 6.69. The lowest BCUT2D eigenvalue weighted by Gasteiger charge is -1.99. The zero-order valence-electron chi connectivity index (χ0n) is 4.93. The normalized spacial score (nSPS) is 18.4. The van der Waals surface area contributed by atoms with Crippen molar-refractivity contribution in [2.45, 2.75) is 4.58 Å². The molecule has 2 heterocycles. The van der Waals surface area contributed by atoms with Gasteiger partial charge in [-0.3, -0.25) is 0 Å². The molecule has 10 heavy (non-hydrogen) atoms. The van der Waals surface area contributed by atoms with E-state index in [0.29, 0.717) is 4.58 Å². The van der Waals surface area contributed by atoms with Crippen LogP contribution in [0.15, 0.2) is 16.3 Å². The molecule has 2 nitrogen and oxygen atoms in total. The second-order valence-corrected chi connectivity index (χ2v) is 4.85. The predicted molar refractivity (Wildman–Crippen MR) is 47.0 cm³/mol. The molecule has 0 bridgehead atoms. The fraction of sp³-hybridized carbons (Fsp3) is 0.200. The molecule has 52 valence electrons. The van der Waals surface area contributed by atoms with Crippen LogP contribution >= 0.6 is 34.9 Å². The summed E-state index contributed by atoms with van der Waals surface area (Å²) in [4.78, 5) is 0. The minimum absolute atomic E-state index is 0.465. The maximum Gasteiger partial charge on any atom is 0.141 e. The Balaban J connectivity index is 2.14. The van der Waals surface area contributed by atoms with Crippen LogP contribution in [0.5, 0.6) is 0 Å². The van der Waals surface area contributed by atoms with Crippen LogP contribution in [0.1, 0.15) is 9.59 Å². The third-order valence-electron chi connectivity index (χ3n) is 1.04. The van der Waals surface area contributed by atoms with Gasteiger partial charge in [-0.25, -0.2) is 0 Å². The average molecular weight is 188 g/mol. The van der Waals surface area contributed by atoms with Gasteiger partial charge in [0.1, 0.15) is 15.1 Å². The van der Waals surface area contributed by atoms with E-state index in [1.54, 1.807) is 40.4 Å². The summed E-state index contributed by atoms with van der Waals surface area (Å²) >= 11 is 5.20. The van der Waals surface area contributed by atoms with Gasteiger partial charge in [0.25, 0.3) is 0 Å². The largest absolute Gasteiger partial charge is 0.147 e. The van der Waals surface area contributed by atoms with Crippen LogP contribution in [0.3, 0.4) is 0 Å². The molecule has 0 unspecified atom stereocenters. The highest BCUT2D eigenvalue weighted by molar-refractivity contribution is 8.21. The molecule has 5 heteroatoms.